The number of halogens is 9. The van der Waals surface area contributed by atoms with Gasteiger partial charge in [0.1, 0.15) is 6.61 Å². The number of nitrogens with one attached hydrogen (secondary N) is 1. The third kappa shape index (κ3) is 6.97. The zero-order valence-electron chi connectivity index (χ0n) is 18.9. The van der Waals surface area contributed by atoms with Crippen LogP contribution in [0.2, 0.25) is 0 Å². The minimum atomic E-state index is -6.21. The molecule has 1 atom stereocenters. The van der Waals surface area contributed by atoms with E-state index in [0.29, 0.717) is 0 Å². The molecule has 0 saturated carbocycles. The van der Waals surface area contributed by atoms with Gasteiger partial charge in [-0.1, -0.05) is 0 Å². The minimum Gasteiger partial charge on any atom is -0.484 e. The monoisotopic (exact) mass is 652 g/mol. The Kier molecular flexibility index (Phi) is 8.49. The molecule has 2 aromatic heterocycles. The summed E-state index contributed by atoms with van der Waals surface area (Å²) in [6.45, 7) is 0.375. The Balaban J connectivity index is 1.86. The number of alkyl halides is 8. The first-order valence-corrected chi connectivity index (χ1v) is 12.4. The predicted molar refractivity (Wildman–Crippen MR) is 117 cm³/mol. The molecule has 3 rings (SSSR count). The number of nitrogens with zero attached hydrogens (tertiary/aromatic N) is 5. The highest BCUT2D eigenvalue weighted by Gasteiger charge is 2.48. The summed E-state index contributed by atoms with van der Waals surface area (Å²) in [7, 11) is -6.21. The maximum absolute atomic E-state index is 13.2. The highest BCUT2D eigenvalue weighted by Crippen LogP contribution is 2.36. The number of sulfone groups is 1. The quantitative estimate of drug-likeness (QED) is 0.358. The second kappa shape index (κ2) is 11.0. The largest absolute Gasteiger partial charge is 0.501 e. The Bertz CT molecular complexity index is 1460. The van der Waals surface area contributed by atoms with Gasteiger partial charge < -0.3 is 10.1 Å². The molecule has 1 amide bonds. The molecule has 212 valence electrons. The lowest BCUT2D eigenvalue weighted by molar-refractivity contribution is -0.137. The van der Waals surface area contributed by atoms with Crippen molar-refractivity contribution in [2.45, 2.75) is 36.0 Å². The first-order chi connectivity index (χ1) is 17.9. The van der Waals surface area contributed by atoms with Crippen molar-refractivity contribution in [3.05, 3.63) is 52.3 Å². The summed E-state index contributed by atoms with van der Waals surface area (Å²) >= 11 is 3.05. The van der Waals surface area contributed by atoms with Crippen LogP contribution in [0, 0.1) is 0 Å². The van der Waals surface area contributed by atoms with Gasteiger partial charge in [0.15, 0.2) is 11.6 Å². The number of ether oxygens (including phenoxy) is 1. The van der Waals surface area contributed by atoms with Crippen LogP contribution in [-0.4, -0.2) is 57.6 Å². The van der Waals surface area contributed by atoms with E-state index in [1.165, 1.54) is 6.92 Å². The Morgan fingerprint density at radius 3 is 2.26 bits per heavy atom. The maximum Gasteiger partial charge on any atom is 0.501 e. The summed E-state index contributed by atoms with van der Waals surface area (Å²) in [5.41, 5.74) is -8.74. The van der Waals surface area contributed by atoms with Crippen LogP contribution < -0.4 is 10.1 Å². The summed E-state index contributed by atoms with van der Waals surface area (Å²) in [6.07, 6.45) is -5.89. The van der Waals surface area contributed by atoms with Crippen molar-refractivity contribution in [2.75, 3.05) is 6.61 Å². The zero-order chi connectivity index (χ0) is 29.3. The summed E-state index contributed by atoms with van der Waals surface area (Å²) in [4.78, 5) is 22.6. The minimum absolute atomic E-state index is 0.0301. The Morgan fingerprint density at radius 1 is 1.10 bits per heavy atom. The van der Waals surface area contributed by atoms with Crippen molar-refractivity contribution < 1.29 is 53.1 Å². The maximum atomic E-state index is 13.2. The van der Waals surface area contributed by atoms with Gasteiger partial charge in [-0.15, -0.1) is 5.10 Å². The number of aromatic nitrogens is 5. The Hall–Kier alpha value is -3.42. The smallest absolute Gasteiger partial charge is 0.484 e. The third-order valence-corrected chi connectivity index (χ3v) is 6.59. The lowest BCUT2D eigenvalue weighted by Gasteiger charge is -2.15. The topological polar surface area (TPSA) is 129 Å². The van der Waals surface area contributed by atoms with Crippen LogP contribution in [0.25, 0.3) is 5.95 Å². The molecule has 0 aliphatic carbocycles. The van der Waals surface area contributed by atoms with Gasteiger partial charge in [0.05, 0.1) is 28.9 Å². The number of rotatable bonds is 8. The third-order valence-electron chi connectivity index (χ3n) is 4.61. The van der Waals surface area contributed by atoms with Gasteiger partial charge in [0, 0.05) is 5.56 Å². The van der Waals surface area contributed by atoms with Crippen LogP contribution in [0.15, 0.2) is 40.2 Å². The van der Waals surface area contributed by atoms with Crippen molar-refractivity contribution in [2.24, 2.45) is 0 Å². The van der Waals surface area contributed by atoms with Crippen LogP contribution >= 0.6 is 15.9 Å². The van der Waals surface area contributed by atoms with Crippen molar-refractivity contribution in [3.63, 3.8) is 0 Å². The molecule has 20 heteroatoms. The lowest BCUT2D eigenvalue weighted by Crippen LogP contribution is -2.29. The van der Waals surface area contributed by atoms with Crippen molar-refractivity contribution in [1.29, 1.82) is 0 Å². The molecule has 0 aliphatic rings. The molecular weight excluding hydrogens is 640 g/mol. The van der Waals surface area contributed by atoms with E-state index in [1.807, 2.05) is 0 Å². The Labute approximate surface area is 221 Å². The van der Waals surface area contributed by atoms with Crippen molar-refractivity contribution in [1.82, 2.24) is 30.0 Å². The van der Waals surface area contributed by atoms with Crippen molar-refractivity contribution >= 4 is 31.7 Å². The number of benzene rings is 1. The summed E-state index contributed by atoms with van der Waals surface area (Å²) < 4.78 is 132. The molecule has 3 aromatic rings. The van der Waals surface area contributed by atoms with E-state index < -0.39 is 62.5 Å². The molecule has 1 unspecified atom stereocenters. The summed E-state index contributed by atoms with van der Waals surface area (Å²) in [6, 6.07) is -1.06. The van der Waals surface area contributed by atoms with Gasteiger partial charge in [0.2, 0.25) is 4.73 Å². The zero-order valence-corrected chi connectivity index (χ0v) is 21.3. The van der Waals surface area contributed by atoms with Crippen molar-refractivity contribution in [3.8, 4) is 11.7 Å². The van der Waals surface area contributed by atoms with Crippen LogP contribution in [-0.2, 0) is 16.0 Å². The average molecular weight is 653 g/mol. The van der Waals surface area contributed by atoms with Gasteiger partial charge in [0.25, 0.3) is 28.1 Å². The number of hydrogen-bond donors (Lipinski definition) is 1. The first kappa shape index (κ1) is 30.1. The molecule has 39 heavy (non-hydrogen) atoms. The van der Waals surface area contributed by atoms with Gasteiger partial charge in [-0.2, -0.15) is 31.0 Å². The SMILES string of the molecule is CC(NC(=O)c1cc(C(F)(F)F)cc(S(=O)(=O)C(F)(F)F)c1)c1nc(Br)n(-c2ncc(OCC(F)F)cn2)n1. The number of amides is 1. The second-order valence-electron chi connectivity index (χ2n) is 7.46. The van der Waals surface area contributed by atoms with Gasteiger partial charge in [-0.25, -0.2) is 32.2 Å². The fourth-order valence-electron chi connectivity index (χ4n) is 2.80. The molecule has 10 nitrogen and oxygen atoms in total. The molecular formula is C19H13BrF8N6O4S. The van der Waals surface area contributed by atoms with E-state index in [-0.39, 0.29) is 40.5 Å². The standard InChI is InChI=1S/C19H13BrF8N6O4S/c1-8(14-32-16(20)34(33-14)17-29-5-11(6-30-17)38-7-13(21)22)31-15(35)9-2-10(18(23,24)25)4-12(3-9)39(36,37)19(26,27)28/h2-6,8,13H,7H2,1H3,(H,31,35). The van der Waals surface area contributed by atoms with Crippen LogP contribution in [0.3, 0.4) is 0 Å². The van der Waals surface area contributed by atoms with Gasteiger partial charge >= 0.3 is 11.7 Å². The molecule has 2 heterocycles. The molecule has 0 bridgehead atoms. The first-order valence-electron chi connectivity index (χ1n) is 10.1. The van der Waals surface area contributed by atoms with Crippen LogP contribution in [0.1, 0.15) is 34.7 Å². The van der Waals surface area contributed by atoms with Gasteiger partial charge in [-0.05, 0) is 41.1 Å². The van der Waals surface area contributed by atoms with Crippen LogP contribution in [0.4, 0.5) is 35.1 Å². The second-order valence-corrected chi connectivity index (χ2v) is 10.1. The van der Waals surface area contributed by atoms with E-state index in [1.54, 1.807) is 0 Å². The van der Waals surface area contributed by atoms with E-state index >= 15 is 0 Å². The Morgan fingerprint density at radius 2 is 1.72 bits per heavy atom. The number of carbonyl (C=O) groups excluding carboxylic acids is 1. The molecule has 1 aromatic carbocycles. The molecule has 0 aliphatic heterocycles. The fraction of sp³-hybridized carbons (Fsp3) is 0.316. The van der Waals surface area contributed by atoms with E-state index in [4.69, 9.17) is 4.74 Å². The number of carbonyl (C=O) groups is 1. The van der Waals surface area contributed by atoms with E-state index in [9.17, 15) is 48.3 Å². The summed E-state index contributed by atoms with van der Waals surface area (Å²) in [5, 5.41) is 6.17. The average Bonchev–Trinajstić information content (AvgIpc) is 3.23. The highest BCUT2D eigenvalue weighted by molar-refractivity contribution is 9.10. The molecule has 0 saturated heterocycles. The summed E-state index contributed by atoms with van der Waals surface area (Å²) in [5.74, 6) is -1.75. The van der Waals surface area contributed by atoms with E-state index in [0.717, 1.165) is 17.1 Å². The highest BCUT2D eigenvalue weighted by atomic mass is 79.9. The van der Waals surface area contributed by atoms with Gasteiger partial charge in [-0.3, -0.25) is 4.79 Å². The normalized spacial score (nSPS) is 13.4. The van der Waals surface area contributed by atoms with E-state index in [2.05, 4.69) is 41.3 Å². The van der Waals surface area contributed by atoms with Crippen LogP contribution in [0.5, 0.6) is 5.75 Å². The predicted octanol–water partition coefficient (Wildman–Crippen LogP) is 4.27. The number of hydrogen-bond acceptors (Lipinski definition) is 8. The molecule has 0 spiro atoms. The molecule has 0 radical (unpaired) electrons. The molecule has 0 fully saturated rings. The lowest BCUT2D eigenvalue weighted by atomic mass is 10.1. The fourth-order valence-corrected chi connectivity index (χ4v) is 4.05. The molecule has 1 N–H and O–H groups in total.